The van der Waals surface area contributed by atoms with Gasteiger partial charge in [-0.2, -0.15) is 0 Å². The fraction of sp³-hybridized carbons (Fsp3) is 0.615. The van der Waals surface area contributed by atoms with Crippen LogP contribution in [0.2, 0.25) is 0 Å². The largest absolute Gasteiger partial charge is 0.476 e. The normalized spacial score (nSPS) is 22.4. The van der Waals surface area contributed by atoms with E-state index in [1.165, 1.54) is 16.7 Å². The maximum Gasteiger partial charge on any atom is 0.355 e. The number of aromatic carboxylic acids is 1. The Morgan fingerprint density at radius 3 is 2.65 bits per heavy atom. The van der Waals surface area contributed by atoms with Crippen molar-refractivity contribution in [3.05, 3.63) is 16.1 Å². The van der Waals surface area contributed by atoms with Crippen LogP contribution in [0.5, 0.6) is 0 Å². The first-order valence-corrected chi connectivity index (χ1v) is 7.63. The first kappa shape index (κ1) is 14.9. The average molecular weight is 297 g/mol. The number of nitrogens with zero attached hydrogens (tertiary/aromatic N) is 1. The molecule has 0 bridgehead atoms. The van der Waals surface area contributed by atoms with Crippen molar-refractivity contribution in [2.24, 2.45) is 17.6 Å². The number of aromatic nitrogens is 1. The maximum atomic E-state index is 12.0. The van der Waals surface area contributed by atoms with Crippen molar-refractivity contribution in [1.29, 1.82) is 0 Å². The fourth-order valence-corrected chi connectivity index (χ4v) is 3.17. The van der Waals surface area contributed by atoms with Gasteiger partial charge in [0.25, 0.3) is 0 Å². The minimum absolute atomic E-state index is 0.0303. The second kappa shape index (κ2) is 6.81. The number of nitrogens with one attached hydrogen (secondary N) is 1. The van der Waals surface area contributed by atoms with Crippen LogP contribution in [0.1, 0.15) is 41.2 Å². The Labute approximate surface area is 121 Å². The van der Waals surface area contributed by atoms with E-state index in [2.05, 4.69) is 10.3 Å². The highest BCUT2D eigenvalue weighted by atomic mass is 32.1. The summed E-state index contributed by atoms with van der Waals surface area (Å²) in [4.78, 5) is 26.7. The van der Waals surface area contributed by atoms with Crippen molar-refractivity contribution >= 4 is 23.2 Å². The number of hydrogen-bond acceptors (Lipinski definition) is 5. The average Bonchev–Trinajstić information content (AvgIpc) is 2.94. The Morgan fingerprint density at radius 2 is 2.10 bits per heavy atom. The van der Waals surface area contributed by atoms with E-state index in [1.807, 2.05) is 0 Å². The van der Waals surface area contributed by atoms with Crippen LogP contribution < -0.4 is 11.1 Å². The molecule has 0 unspecified atom stereocenters. The number of carbonyl (C=O) groups is 2. The second-order valence-corrected chi connectivity index (χ2v) is 6.05. The molecule has 4 N–H and O–H groups in total. The van der Waals surface area contributed by atoms with Crippen LogP contribution in [-0.2, 0) is 11.3 Å². The molecule has 0 saturated heterocycles. The number of hydrogen-bond donors (Lipinski definition) is 3. The van der Waals surface area contributed by atoms with Gasteiger partial charge < -0.3 is 16.2 Å². The molecule has 1 heterocycles. The molecule has 7 heteroatoms. The van der Waals surface area contributed by atoms with Gasteiger partial charge in [-0.3, -0.25) is 4.79 Å². The quantitative estimate of drug-likeness (QED) is 0.758. The molecule has 110 valence electrons. The summed E-state index contributed by atoms with van der Waals surface area (Å²) in [5.74, 6) is -0.403. The molecule has 0 atom stereocenters. The second-order valence-electron chi connectivity index (χ2n) is 5.10. The molecule has 0 aromatic carbocycles. The highest BCUT2D eigenvalue weighted by Gasteiger charge is 2.25. The molecule has 0 radical (unpaired) electrons. The van der Waals surface area contributed by atoms with E-state index in [4.69, 9.17) is 10.8 Å². The molecule has 6 nitrogen and oxygen atoms in total. The monoisotopic (exact) mass is 297 g/mol. The molecular formula is C13H19N3O3S. The molecule has 1 aromatic heterocycles. The number of amides is 1. The van der Waals surface area contributed by atoms with Gasteiger partial charge in [-0.15, -0.1) is 11.3 Å². The lowest BCUT2D eigenvalue weighted by Gasteiger charge is -2.26. The van der Waals surface area contributed by atoms with Crippen LogP contribution in [0, 0.1) is 11.8 Å². The van der Waals surface area contributed by atoms with Gasteiger partial charge in [-0.25, -0.2) is 9.78 Å². The van der Waals surface area contributed by atoms with Gasteiger partial charge in [0.1, 0.15) is 5.01 Å². The van der Waals surface area contributed by atoms with Crippen LogP contribution in [-0.4, -0.2) is 28.5 Å². The van der Waals surface area contributed by atoms with Crippen LogP contribution in [0.15, 0.2) is 5.38 Å². The molecule has 0 spiro atoms. The number of nitrogens with two attached hydrogens (primary N) is 1. The third-order valence-corrected chi connectivity index (χ3v) is 4.58. The van der Waals surface area contributed by atoms with Gasteiger partial charge in [0, 0.05) is 11.3 Å². The first-order valence-electron chi connectivity index (χ1n) is 6.75. The van der Waals surface area contributed by atoms with Crippen molar-refractivity contribution in [2.75, 3.05) is 6.54 Å². The summed E-state index contributed by atoms with van der Waals surface area (Å²) in [5.41, 5.74) is 5.66. The van der Waals surface area contributed by atoms with Crippen LogP contribution >= 0.6 is 11.3 Å². The number of rotatable bonds is 5. The molecule has 1 saturated carbocycles. The Balaban J connectivity index is 1.78. The van der Waals surface area contributed by atoms with Gasteiger partial charge in [-0.1, -0.05) is 0 Å². The summed E-state index contributed by atoms with van der Waals surface area (Å²) in [6, 6.07) is 0. The third-order valence-electron chi connectivity index (χ3n) is 3.74. The summed E-state index contributed by atoms with van der Waals surface area (Å²) in [5, 5.41) is 13.7. The first-order chi connectivity index (χ1) is 9.60. The SMILES string of the molecule is NCC1CCC(C(=O)NCc2nc(C(=O)O)cs2)CC1. The number of carboxylic acids is 1. The standard InChI is InChI=1S/C13H19N3O3S/c14-5-8-1-3-9(4-2-8)12(17)15-6-11-16-10(7-20-11)13(18)19/h7-9H,1-6,14H2,(H,15,17)(H,18,19). The predicted octanol–water partition coefficient (Wildman–Crippen LogP) is 1.22. The fourth-order valence-electron chi connectivity index (χ4n) is 2.46. The number of thiazole rings is 1. The van der Waals surface area contributed by atoms with Crippen LogP contribution in [0.25, 0.3) is 0 Å². The summed E-state index contributed by atoms with van der Waals surface area (Å²) < 4.78 is 0. The molecule has 1 fully saturated rings. The molecule has 20 heavy (non-hydrogen) atoms. The van der Waals surface area contributed by atoms with Crippen molar-refractivity contribution in [1.82, 2.24) is 10.3 Å². The highest BCUT2D eigenvalue weighted by molar-refractivity contribution is 7.09. The molecule has 1 aromatic rings. The molecule has 0 aliphatic heterocycles. The van der Waals surface area contributed by atoms with Crippen LogP contribution in [0.3, 0.4) is 0 Å². The highest BCUT2D eigenvalue weighted by Crippen LogP contribution is 2.28. The molecule has 1 aliphatic rings. The van der Waals surface area contributed by atoms with E-state index < -0.39 is 5.97 Å². The maximum absolute atomic E-state index is 12.0. The number of carbonyl (C=O) groups excluding carboxylic acids is 1. The Kier molecular flexibility index (Phi) is 5.08. The van der Waals surface area contributed by atoms with Gasteiger partial charge in [0.15, 0.2) is 5.69 Å². The van der Waals surface area contributed by atoms with Crippen molar-refractivity contribution in [3.63, 3.8) is 0 Å². The summed E-state index contributed by atoms with van der Waals surface area (Å²) in [7, 11) is 0. The molecular weight excluding hydrogens is 278 g/mol. The molecule has 1 amide bonds. The van der Waals surface area contributed by atoms with Crippen molar-refractivity contribution in [3.8, 4) is 0 Å². The minimum atomic E-state index is -1.04. The van der Waals surface area contributed by atoms with E-state index in [0.717, 1.165) is 25.7 Å². The Bertz CT molecular complexity index is 481. The van der Waals surface area contributed by atoms with Gasteiger partial charge in [-0.05, 0) is 38.1 Å². The summed E-state index contributed by atoms with van der Waals surface area (Å²) >= 11 is 1.25. The van der Waals surface area contributed by atoms with Crippen LogP contribution in [0.4, 0.5) is 0 Å². The lowest BCUT2D eigenvalue weighted by atomic mass is 9.81. The zero-order chi connectivity index (χ0) is 14.5. The van der Waals surface area contributed by atoms with E-state index in [9.17, 15) is 9.59 Å². The smallest absolute Gasteiger partial charge is 0.355 e. The number of carboxylic acid groups (broad SMARTS) is 1. The molecule has 1 aliphatic carbocycles. The Hall–Kier alpha value is -1.47. The lowest BCUT2D eigenvalue weighted by molar-refractivity contribution is -0.126. The van der Waals surface area contributed by atoms with Gasteiger partial charge in [0.2, 0.25) is 5.91 Å². The van der Waals surface area contributed by atoms with E-state index in [0.29, 0.717) is 24.0 Å². The van der Waals surface area contributed by atoms with Gasteiger partial charge >= 0.3 is 5.97 Å². The third kappa shape index (κ3) is 3.77. The topological polar surface area (TPSA) is 105 Å². The van der Waals surface area contributed by atoms with E-state index in [-0.39, 0.29) is 17.5 Å². The van der Waals surface area contributed by atoms with Crippen molar-refractivity contribution < 1.29 is 14.7 Å². The molecule has 2 rings (SSSR count). The summed E-state index contributed by atoms with van der Waals surface area (Å²) in [6.45, 7) is 0.999. The van der Waals surface area contributed by atoms with E-state index in [1.54, 1.807) is 0 Å². The zero-order valence-corrected chi connectivity index (χ0v) is 12.0. The lowest BCUT2D eigenvalue weighted by Crippen LogP contribution is -2.33. The minimum Gasteiger partial charge on any atom is -0.476 e. The Morgan fingerprint density at radius 1 is 1.40 bits per heavy atom. The van der Waals surface area contributed by atoms with Crippen molar-refractivity contribution in [2.45, 2.75) is 32.2 Å². The predicted molar refractivity (Wildman–Crippen MR) is 75.4 cm³/mol. The summed E-state index contributed by atoms with van der Waals surface area (Å²) in [6.07, 6.45) is 3.78. The van der Waals surface area contributed by atoms with Gasteiger partial charge in [0.05, 0.1) is 6.54 Å². The zero-order valence-electron chi connectivity index (χ0n) is 11.2. The van der Waals surface area contributed by atoms with E-state index >= 15 is 0 Å².